The lowest BCUT2D eigenvalue weighted by Crippen LogP contribution is -2.35. The van der Waals surface area contributed by atoms with Crippen LogP contribution in [-0.4, -0.2) is 36.1 Å². The van der Waals surface area contributed by atoms with Gasteiger partial charge >= 0.3 is 25.6 Å². The Bertz CT molecular complexity index is 490. The van der Waals surface area contributed by atoms with Crippen LogP contribution in [0.3, 0.4) is 0 Å². The molecule has 0 fully saturated rings. The van der Waals surface area contributed by atoms with E-state index in [1.54, 1.807) is 0 Å². The van der Waals surface area contributed by atoms with Crippen molar-refractivity contribution >= 4 is 12.6 Å². The van der Waals surface area contributed by atoms with Crippen molar-refractivity contribution in [3.8, 4) is 5.75 Å². The molecule has 0 aliphatic rings. The molecule has 0 heterocycles. The molecule has 0 atom stereocenters. The summed E-state index contributed by atoms with van der Waals surface area (Å²) in [6.07, 6.45) is -9.15. The highest BCUT2D eigenvalue weighted by Crippen LogP contribution is 2.36. The van der Waals surface area contributed by atoms with Crippen molar-refractivity contribution in [2.24, 2.45) is 0 Å². The number of hydrogen-bond acceptors (Lipinski definition) is 3. The predicted octanol–water partition coefficient (Wildman–Crippen LogP) is 1.66. The van der Waals surface area contributed by atoms with Crippen molar-refractivity contribution in [3.05, 3.63) is 23.8 Å². The fourth-order valence-corrected chi connectivity index (χ4v) is 1.29. The van der Waals surface area contributed by atoms with Crippen molar-refractivity contribution in [1.82, 2.24) is 0 Å². The van der Waals surface area contributed by atoms with Crippen molar-refractivity contribution in [1.29, 1.82) is 0 Å². The number of rotatable bonds is 5. The lowest BCUT2D eigenvalue weighted by molar-refractivity contribution is -0.153. The van der Waals surface area contributed by atoms with Crippen LogP contribution in [0.5, 0.6) is 5.75 Å². The van der Waals surface area contributed by atoms with Gasteiger partial charge < -0.3 is 14.8 Å². The molecule has 3 nitrogen and oxygen atoms in total. The summed E-state index contributed by atoms with van der Waals surface area (Å²) in [5.41, 5.74) is -2.14. The Morgan fingerprint density at radius 3 is 2.10 bits per heavy atom. The van der Waals surface area contributed by atoms with Crippen LogP contribution in [0.25, 0.3) is 0 Å². The summed E-state index contributed by atoms with van der Waals surface area (Å²) >= 11 is 0. The standard InChI is InChI=1S/C10H8BF7O3/c12-8(13)9(14,15)4-21-7-2-1-5(11(19)20)3-6(7)10(16,17)18/h1-3,8,19-20H,4H2. The first-order chi connectivity index (χ1) is 9.45. The molecule has 2 N–H and O–H groups in total. The largest absolute Gasteiger partial charge is 0.488 e. The van der Waals surface area contributed by atoms with Gasteiger partial charge in [-0.3, -0.25) is 0 Å². The van der Waals surface area contributed by atoms with E-state index in [9.17, 15) is 30.7 Å². The van der Waals surface area contributed by atoms with Gasteiger partial charge in [-0.2, -0.15) is 22.0 Å². The second-order valence-electron chi connectivity index (χ2n) is 3.98. The van der Waals surface area contributed by atoms with Gasteiger partial charge in [0.2, 0.25) is 0 Å². The molecule has 1 aromatic rings. The third kappa shape index (κ3) is 4.50. The highest BCUT2D eigenvalue weighted by atomic mass is 19.4. The number of ether oxygens (including phenoxy) is 1. The van der Waals surface area contributed by atoms with E-state index in [1.165, 1.54) is 0 Å². The van der Waals surface area contributed by atoms with E-state index in [2.05, 4.69) is 4.74 Å². The van der Waals surface area contributed by atoms with Crippen LogP contribution < -0.4 is 10.2 Å². The molecule has 0 saturated heterocycles. The summed E-state index contributed by atoms with van der Waals surface area (Å²) in [5, 5.41) is 17.5. The molecule has 0 amide bonds. The number of hydrogen-bond donors (Lipinski definition) is 2. The summed E-state index contributed by atoms with van der Waals surface area (Å²) in [6, 6.07) is 1.58. The highest BCUT2D eigenvalue weighted by Gasteiger charge is 2.43. The van der Waals surface area contributed by atoms with Crippen molar-refractivity contribution in [2.75, 3.05) is 6.61 Å². The molecule has 118 valence electrons. The summed E-state index contributed by atoms with van der Waals surface area (Å²) in [7, 11) is -2.22. The summed E-state index contributed by atoms with van der Waals surface area (Å²) in [6.45, 7) is -1.95. The summed E-state index contributed by atoms with van der Waals surface area (Å²) in [5.74, 6) is -5.73. The van der Waals surface area contributed by atoms with Gasteiger partial charge in [-0.05, 0) is 17.6 Å². The van der Waals surface area contributed by atoms with Crippen LogP contribution in [0, 0.1) is 0 Å². The lowest BCUT2D eigenvalue weighted by Gasteiger charge is -2.19. The van der Waals surface area contributed by atoms with E-state index < -0.39 is 49.0 Å². The molecule has 0 bridgehead atoms. The molecule has 0 aliphatic heterocycles. The molecule has 1 rings (SSSR count). The number of halogens is 7. The zero-order chi connectivity index (χ0) is 16.4. The van der Waals surface area contributed by atoms with E-state index in [0.29, 0.717) is 6.07 Å². The fourth-order valence-electron chi connectivity index (χ4n) is 1.29. The fraction of sp³-hybridized carbons (Fsp3) is 0.400. The number of alkyl halides is 7. The molecule has 0 saturated carbocycles. The van der Waals surface area contributed by atoms with Gasteiger partial charge in [0.15, 0.2) is 6.61 Å². The normalized spacial score (nSPS) is 12.7. The van der Waals surface area contributed by atoms with Crippen LogP contribution in [0.1, 0.15) is 5.56 Å². The molecule has 0 aromatic heterocycles. The maximum atomic E-state index is 12.7. The zero-order valence-electron chi connectivity index (χ0n) is 10.0. The maximum Gasteiger partial charge on any atom is 0.488 e. The third-order valence-corrected chi connectivity index (χ3v) is 2.35. The van der Waals surface area contributed by atoms with Gasteiger partial charge in [-0.15, -0.1) is 0 Å². The van der Waals surface area contributed by atoms with E-state index in [1.807, 2.05) is 0 Å². The van der Waals surface area contributed by atoms with Gasteiger partial charge in [0.05, 0.1) is 5.56 Å². The molecule has 21 heavy (non-hydrogen) atoms. The number of benzene rings is 1. The molecular weight excluding hydrogens is 312 g/mol. The van der Waals surface area contributed by atoms with Gasteiger partial charge in [-0.25, -0.2) is 8.78 Å². The van der Waals surface area contributed by atoms with Gasteiger partial charge in [0.1, 0.15) is 5.75 Å². The van der Waals surface area contributed by atoms with E-state index in [4.69, 9.17) is 10.0 Å². The maximum absolute atomic E-state index is 12.7. The molecule has 0 unspecified atom stereocenters. The van der Waals surface area contributed by atoms with E-state index in [0.717, 1.165) is 6.07 Å². The third-order valence-electron chi connectivity index (χ3n) is 2.35. The van der Waals surface area contributed by atoms with Gasteiger partial charge in [0.25, 0.3) is 0 Å². The quantitative estimate of drug-likeness (QED) is 0.641. The van der Waals surface area contributed by atoms with Crippen molar-refractivity contribution in [2.45, 2.75) is 18.5 Å². The lowest BCUT2D eigenvalue weighted by atomic mass is 9.79. The Labute approximate surface area is 114 Å². The van der Waals surface area contributed by atoms with Crippen LogP contribution in [0.15, 0.2) is 18.2 Å². The smallest absolute Gasteiger partial charge is 0.486 e. The highest BCUT2D eigenvalue weighted by molar-refractivity contribution is 6.58. The van der Waals surface area contributed by atoms with E-state index >= 15 is 0 Å². The topological polar surface area (TPSA) is 49.7 Å². The second-order valence-corrected chi connectivity index (χ2v) is 3.98. The molecule has 1 aromatic carbocycles. The van der Waals surface area contributed by atoms with Crippen LogP contribution in [0.4, 0.5) is 30.7 Å². The van der Waals surface area contributed by atoms with Crippen LogP contribution in [-0.2, 0) is 6.18 Å². The molecule has 0 aliphatic carbocycles. The summed E-state index contributed by atoms with van der Waals surface area (Å²) < 4.78 is 91.3. The Kier molecular flexibility index (Phi) is 5.10. The van der Waals surface area contributed by atoms with Crippen molar-refractivity contribution < 1.29 is 45.5 Å². The minimum atomic E-state index is -5.06. The van der Waals surface area contributed by atoms with Crippen molar-refractivity contribution in [3.63, 3.8) is 0 Å². The Morgan fingerprint density at radius 1 is 1.10 bits per heavy atom. The molecular formula is C10H8BF7O3. The van der Waals surface area contributed by atoms with Crippen LogP contribution in [0.2, 0.25) is 0 Å². The van der Waals surface area contributed by atoms with Crippen LogP contribution >= 0.6 is 0 Å². The average molecular weight is 320 g/mol. The van der Waals surface area contributed by atoms with E-state index in [-0.39, 0.29) is 6.07 Å². The Morgan fingerprint density at radius 2 is 1.67 bits per heavy atom. The average Bonchev–Trinajstić information content (AvgIpc) is 2.34. The monoisotopic (exact) mass is 320 g/mol. The SMILES string of the molecule is OB(O)c1ccc(OCC(F)(F)C(F)F)c(C(F)(F)F)c1. The first kappa shape index (κ1) is 17.6. The Hall–Kier alpha value is -1.49. The van der Waals surface area contributed by atoms with Gasteiger partial charge in [0, 0.05) is 0 Å². The zero-order valence-corrected chi connectivity index (χ0v) is 10.0. The predicted molar refractivity (Wildman–Crippen MR) is 57.7 cm³/mol. The summed E-state index contributed by atoms with van der Waals surface area (Å²) in [4.78, 5) is 0. The molecule has 0 radical (unpaired) electrons. The first-order valence-electron chi connectivity index (χ1n) is 5.31. The van der Waals surface area contributed by atoms with Gasteiger partial charge in [-0.1, -0.05) is 6.07 Å². The Balaban J connectivity index is 3.07. The minimum absolute atomic E-state index is 0.264. The second kappa shape index (κ2) is 6.10. The minimum Gasteiger partial charge on any atom is -0.486 e. The molecule has 0 spiro atoms. The first-order valence-corrected chi connectivity index (χ1v) is 5.31. The molecule has 11 heteroatoms.